The van der Waals surface area contributed by atoms with E-state index in [-0.39, 0.29) is 12.6 Å². The zero-order valence-electron chi connectivity index (χ0n) is 8.88. The molecule has 0 fully saturated rings. The summed E-state index contributed by atoms with van der Waals surface area (Å²) in [5, 5.41) is 0. The van der Waals surface area contributed by atoms with Gasteiger partial charge in [0, 0.05) is 22.2 Å². The summed E-state index contributed by atoms with van der Waals surface area (Å²) in [5.74, 6) is 0.0493. The van der Waals surface area contributed by atoms with Gasteiger partial charge in [-0.1, -0.05) is 6.07 Å². The molecule has 0 aliphatic carbocycles. The highest BCUT2D eigenvalue weighted by molar-refractivity contribution is 14.1. The molecule has 1 aliphatic rings. The second-order valence-corrected chi connectivity index (χ2v) is 5.13. The molecule has 1 aliphatic heterocycles. The number of carbonyl (C=O) groups excluding carboxylic acids is 1. The maximum Gasteiger partial charge on any atom is 0.254 e. The van der Waals surface area contributed by atoms with Crippen molar-refractivity contribution in [2.45, 2.75) is 12.8 Å². The van der Waals surface area contributed by atoms with Crippen molar-refractivity contribution in [2.75, 3.05) is 19.8 Å². The molecule has 0 atom stereocenters. The van der Waals surface area contributed by atoms with Gasteiger partial charge in [0.2, 0.25) is 0 Å². The first-order chi connectivity index (χ1) is 7.72. The van der Waals surface area contributed by atoms with Crippen LogP contribution in [0.25, 0.3) is 0 Å². The predicted octanol–water partition coefficient (Wildman–Crippen LogP) is 2.65. The number of alkyl halides is 1. The number of hydrogen-bond acceptors (Lipinski definition) is 1. The number of amides is 1. The van der Waals surface area contributed by atoms with Crippen LogP contribution in [0.1, 0.15) is 22.3 Å². The van der Waals surface area contributed by atoms with Gasteiger partial charge < -0.3 is 4.90 Å². The highest BCUT2D eigenvalue weighted by Gasteiger charge is 2.23. The van der Waals surface area contributed by atoms with Gasteiger partial charge in [0.05, 0.1) is 6.67 Å². The van der Waals surface area contributed by atoms with Crippen LogP contribution in [0.3, 0.4) is 0 Å². The molecule has 86 valence electrons. The van der Waals surface area contributed by atoms with E-state index in [2.05, 4.69) is 22.6 Å². The van der Waals surface area contributed by atoms with Crippen LogP contribution in [0.15, 0.2) is 18.2 Å². The van der Waals surface area contributed by atoms with Gasteiger partial charge in [0.1, 0.15) is 0 Å². The fraction of sp³-hybridized carbons (Fsp3) is 0.417. The van der Waals surface area contributed by atoms with Gasteiger partial charge in [-0.15, -0.1) is 0 Å². The topological polar surface area (TPSA) is 20.3 Å². The van der Waals surface area contributed by atoms with Crippen LogP contribution in [0.4, 0.5) is 4.39 Å². The maximum absolute atomic E-state index is 12.1. The molecule has 4 heteroatoms. The molecule has 0 N–H and O–H groups in total. The lowest BCUT2D eigenvalue weighted by molar-refractivity contribution is 0.0735. The van der Waals surface area contributed by atoms with Gasteiger partial charge in [-0.2, -0.15) is 0 Å². The number of hydrogen-bond donors (Lipinski definition) is 0. The summed E-state index contributed by atoms with van der Waals surface area (Å²) in [7, 11) is 0. The minimum absolute atomic E-state index is 0.0493. The van der Waals surface area contributed by atoms with Crippen molar-refractivity contribution in [3.8, 4) is 0 Å². The zero-order valence-corrected chi connectivity index (χ0v) is 11.0. The average Bonchev–Trinajstić information content (AvgIpc) is 2.29. The van der Waals surface area contributed by atoms with Crippen LogP contribution in [-0.2, 0) is 6.42 Å². The smallest absolute Gasteiger partial charge is 0.254 e. The molecule has 1 amide bonds. The number of fused-ring (bicyclic) bond motifs is 1. The minimum Gasteiger partial charge on any atom is -0.338 e. The SMILES string of the molecule is O=C1c2cc(I)ccc2CCN1CCCF. The Morgan fingerprint density at radius 1 is 1.44 bits per heavy atom. The molecule has 0 saturated heterocycles. The lowest BCUT2D eigenvalue weighted by Crippen LogP contribution is -2.38. The van der Waals surface area contributed by atoms with E-state index in [4.69, 9.17) is 0 Å². The molecule has 1 aromatic rings. The van der Waals surface area contributed by atoms with Gasteiger partial charge >= 0.3 is 0 Å². The van der Waals surface area contributed by atoms with E-state index in [1.165, 1.54) is 0 Å². The molecule has 1 aromatic carbocycles. The molecule has 2 nitrogen and oxygen atoms in total. The summed E-state index contributed by atoms with van der Waals surface area (Å²) < 4.78 is 13.2. The zero-order chi connectivity index (χ0) is 11.5. The molecule has 0 spiro atoms. The van der Waals surface area contributed by atoms with Gasteiger partial charge in [0.15, 0.2) is 0 Å². The number of nitrogens with zero attached hydrogens (tertiary/aromatic N) is 1. The highest BCUT2D eigenvalue weighted by Crippen LogP contribution is 2.21. The molecule has 0 unspecified atom stereocenters. The van der Waals surface area contributed by atoms with Gasteiger partial charge in [0.25, 0.3) is 5.91 Å². The number of benzene rings is 1. The van der Waals surface area contributed by atoms with E-state index in [1.807, 2.05) is 18.2 Å². The Morgan fingerprint density at radius 2 is 2.25 bits per heavy atom. The molecule has 2 rings (SSSR count). The molecule has 0 aromatic heterocycles. The van der Waals surface area contributed by atoms with E-state index >= 15 is 0 Å². The van der Waals surface area contributed by atoms with Crippen LogP contribution >= 0.6 is 22.6 Å². The number of halogens is 2. The first kappa shape index (κ1) is 11.8. The first-order valence-electron chi connectivity index (χ1n) is 5.36. The monoisotopic (exact) mass is 333 g/mol. The minimum atomic E-state index is -0.358. The molecule has 1 heterocycles. The number of carbonyl (C=O) groups is 1. The molecule has 0 radical (unpaired) electrons. The average molecular weight is 333 g/mol. The van der Waals surface area contributed by atoms with Gasteiger partial charge in [-0.3, -0.25) is 9.18 Å². The van der Waals surface area contributed by atoms with Crippen molar-refractivity contribution < 1.29 is 9.18 Å². The number of rotatable bonds is 3. The van der Waals surface area contributed by atoms with Crippen molar-refractivity contribution in [1.29, 1.82) is 0 Å². The third-order valence-corrected chi connectivity index (χ3v) is 3.47. The Morgan fingerprint density at radius 3 is 3.00 bits per heavy atom. The van der Waals surface area contributed by atoms with Gasteiger partial charge in [-0.05, 0) is 53.1 Å². The quantitative estimate of drug-likeness (QED) is 0.779. The molecule has 0 saturated carbocycles. The van der Waals surface area contributed by atoms with Gasteiger partial charge in [-0.25, -0.2) is 0 Å². The fourth-order valence-electron chi connectivity index (χ4n) is 1.96. The van der Waals surface area contributed by atoms with Crippen molar-refractivity contribution >= 4 is 28.5 Å². The van der Waals surface area contributed by atoms with Crippen LogP contribution in [0.5, 0.6) is 0 Å². The van der Waals surface area contributed by atoms with Crippen LogP contribution < -0.4 is 0 Å². The van der Waals surface area contributed by atoms with Crippen LogP contribution in [0.2, 0.25) is 0 Å². The Hall–Kier alpha value is -0.650. The van der Waals surface area contributed by atoms with Crippen molar-refractivity contribution in [3.63, 3.8) is 0 Å². The Labute approximate surface area is 108 Å². The summed E-state index contributed by atoms with van der Waals surface area (Å²) in [5.41, 5.74) is 1.90. The van der Waals surface area contributed by atoms with E-state index in [9.17, 15) is 9.18 Å². The maximum atomic E-state index is 12.1. The molecule has 0 bridgehead atoms. The molecular formula is C12H13FINO. The molecular weight excluding hydrogens is 320 g/mol. The van der Waals surface area contributed by atoms with Crippen molar-refractivity contribution in [2.24, 2.45) is 0 Å². The normalized spacial score (nSPS) is 15.1. The van der Waals surface area contributed by atoms with E-state index in [0.717, 1.165) is 21.1 Å². The third kappa shape index (κ3) is 2.36. The largest absolute Gasteiger partial charge is 0.338 e. The summed E-state index contributed by atoms with van der Waals surface area (Å²) in [6, 6.07) is 5.95. The Balaban J connectivity index is 2.20. The predicted molar refractivity (Wildman–Crippen MR) is 69.4 cm³/mol. The lowest BCUT2D eigenvalue weighted by Gasteiger charge is -2.28. The summed E-state index contributed by atoms with van der Waals surface area (Å²) in [4.78, 5) is 13.8. The third-order valence-electron chi connectivity index (χ3n) is 2.80. The lowest BCUT2D eigenvalue weighted by atomic mass is 9.99. The summed E-state index contributed by atoms with van der Waals surface area (Å²) >= 11 is 2.20. The van der Waals surface area contributed by atoms with E-state index in [0.29, 0.717) is 19.5 Å². The van der Waals surface area contributed by atoms with Crippen molar-refractivity contribution in [1.82, 2.24) is 4.90 Å². The second kappa shape index (κ2) is 5.12. The van der Waals surface area contributed by atoms with Crippen molar-refractivity contribution in [3.05, 3.63) is 32.9 Å². The highest BCUT2D eigenvalue weighted by atomic mass is 127. The van der Waals surface area contributed by atoms with E-state index in [1.54, 1.807) is 4.90 Å². The Kier molecular flexibility index (Phi) is 3.78. The molecule has 16 heavy (non-hydrogen) atoms. The van der Waals surface area contributed by atoms with E-state index < -0.39 is 0 Å². The Bertz CT molecular complexity index is 408. The summed E-state index contributed by atoms with van der Waals surface area (Å²) in [6.45, 7) is 0.885. The van der Waals surface area contributed by atoms with Crippen LogP contribution in [0, 0.1) is 3.57 Å². The standard InChI is InChI=1S/C12H13FINO/c13-5-1-6-15-7-4-9-2-3-10(14)8-11(9)12(15)16/h2-3,8H,1,4-7H2. The van der Waals surface area contributed by atoms with Crippen LogP contribution in [-0.4, -0.2) is 30.6 Å². The summed E-state index contributed by atoms with van der Waals surface area (Å²) in [6.07, 6.45) is 1.31. The fourth-order valence-corrected chi connectivity index (χ4v) is 2.45. The second-order valence-electron chi connectivity index (χ2n) is 3.89. The first-order valence-corrected chi connectivity index (χ1v) is 6.44.